The maximum Gasteiger partial charge on any atom is 0.103 e. The van der Waals surface area contributed by atoms with Crippen molar-refractivity contribution in [2.24, 2.45) is 5.92 Å². The van der Waals surface area contributed by atoms with Gasteiger partial charge in [0, 0.05) is 24.5 Å². The lowest BCUT2D eigenvalue weighted by Crippen LogP contribution is -2.32. The number of nitrogens with one attached hydrogen (secondary N) is 2. The number of rotatable bonds is 3. The van der Waals surface area contributed by atoms with Gasteiger partial charge in [-0.1, -0.05) is 6.92 Å². The Morgan fingerprint density at radius 3 is 2.73 bits per heavy atom. The molecule has 2 N–H and O–H groups in total. The second kappa shape index (κ2) is 4.79. The summed E-state index contributed by atoms with van der Waals surface area (Å²) in [5, 5.41) is 3.60. The van der Waals surface area contributed by atoms with Crippen LogP contribution in [0.5, 0.6) is 0 Å². The molecule has 2 rings (SSSR count). The van der Waals surface area contributed by atoms with Crippen LogP contribution in [-0.4, -0.2) is 16.0 Å². The van der Waals surface area contributed by atoms with Crippen LogP contribution in [0.2, 0.25) is 0 Å². The molecule has 1 aliphatic rings. The molecule has 0 bridgehead atoms. The van der Waals surface area contributed by atoms with Gasteiger partial charge in [0.05, 0.1) is 0 Å². The second-order valence-corrected chi connectivity index (χ2v) is 4.83. The lowest BCUT2D eigenvalue weighted by Gasteiger charge is -2.26. The van der Waals surface area contributed by atoms with Crippen molar-refractivity contribution in [3.05, 3.63) is 17.7 Å². The summed E-state index contributed by atoms with van der Waals surface area (Å²) in [6, 6.07) is 0.713. The Bertz CT molecular complexity index is 298. The maximum absolute atomic E-state index is 4.20. The molecule has 1 aliphatic carbocycles. The zero-order valence-corrected chi connectivity index (χ0v) is 9.71. The average Bonchev–Trinajstić information content (AvgIpc) is 2.64. The number of imidazole rings is 1. The Morgan fingerprint density at radius 2 is 2.13 bits per heavy atom. The Labute approximate surface area is 91.7 Å². The van der Waals surface area contributed by atoms with Crippen LogP contribution in [0.15, 0.2) is 6.20 Å². The van der Waals surface area contributed by atoms with Crippen molar-refractivity contribution < 1.29 is 0 Å². The smallest absolute Gasteiger partial charge is 0.103 e. The highest BCUT2D eigenvalue weighted by molar-refractivity contribution is 4.99. The molecule has 0 spiro atoms. The van der Waals surface area contributed by atoms with Gasteiger partial charge >= 0.3 is 0 Å². The van der Waals surface area contributed by atoms with Crippen LogP contribution in [0.1, 0.15) is 44.1 Å². The Hall–Kier alpha value is -0.830. The van der Waals surface area contributed by atoms with Crippen LogP contribution in [0.4, 0.5) is 0 Å². The van der Waals surface area contributed by atoms with Crippen LogP contribution in [0.3, 0.4) is 0 Å². The standard InChI is InChI=1S/C12H21N3/c1-9-3-5-11(6-4-9)14-8-12-7-13-10(2)15-12/h7,9,11,14H,3-6,8H2,1-2H3,(H,13,15). The van der Waals surface area contributed by atoms with E-state index >= 15 is 0 Å². The van der Waals surface area contributed by atoms with Crippen LogP contribution in [0.25, 0.3) is 0 Å². The van der Waals surface area contributed by atoms with Crippen molar-refractivity contribution in [1.82, 2.24) is 15.3 Å². The van der Waals surface area contributed by atoms with Crippen molar-refractivity contribution >= 4 is 0 Å². The number of aromatic nitrogens is 2. The van der Waals surface area contributed by atoms with Gasteiger partial charge in [0.2, 0.25) is 0 Å². The lowest BCUT2D eigenvalue weighted by molar-refractivity contribution is 0.306. The molecule has 0 saturated heterocycles. The van der Waals surface area contributed by atoms with Gasteiger partial charge in [-0.25, -0.2) is 4.98 Å². The number of H-pyrrole nitrogens is 1. The third kappa shape index (κ3) is 3.06. The molecule has 0 atom stereocenters. The molecule has 3 heteroatoms. The van der Waals surface area contributed by atoms with E-state index in [0.29, 0.717) is 6.04 Å². The van der Waals surface area contributed by atoms with Crippen molar-refractivity contribution in [1.29, 1.82) is 0 Å². The molecule has 1 saturated carbocycles. The van der Waals surface area contributed by atoms with E-state index < -0.39 is 0 Å². The van der Waals surface area contributed by atoms with E-state index in [0.717, 1.165) is 18.3 Å². The highest BCUT2D eigenvalue weighted by atomic mass is 15.0. The topological polar surface area (TPSA) is 40.7 Å². The number of aromatic amines is 1. The average molecular weight is 207 g/mol. The predicted molar refractivity (Wildman–Crippen MR) is 61.6 cm³/mol. The monoisotopic (exact) mass is 207 g/mol. The minimum absolute atomic E-state index is 0.713. The second-order valence-electron chi connectivity index (χ2n) is 4.83. The molecule has 0 unspecified atom stereocenters. The first-order valence-corrected chi connectivity index (χ1v) is 5.98. The molecule has 84 valence electrons. The first-order chi connectivity index (χ1) is 7.24. The number of hydrogen-bond acceptors (Lipinski definition) is 2. The van der Waals surface area contributed by atoms with Gasteiger partial charge in [0.1, 0.15) is 5.82 Å². The van der Waals surface area contributed by atoms with Crippen molar-refractivity contribution in [2.45, 2.75) is 52.1 Å². The van der Waals surface area contributed by atoms with E-state index in [1.165, 1.54) is 31.4 Å². The Kier molecular flexibility index (Phi) is 3.41. The highest BCUT2D eigenvalue weighted by Crippen LogP contribution is 2.23. The molecule has 0 amide bonds. The maximum atomic E-state index is 4.20. The fourth-order valence-corrected chi connectivity index (χ4v) is 2.28. The summed E-state index contributed by atoms with van der Waals surface area (Å²) in [6.07, 6.45) is 7.33. The van der Waals surface area contributed by atoms with Gasteiger partial charge in [0.15, 0.2) is 0 Å². The fourth-order valence-electron chi connectivity index (χ4n) is 2.28. The lowest BCUT2D eigenvalue weighted by atomic mass is 9.87. The van der Waals surface area contributed by atoms with E-state index in [2.05, 4.69) is 22.2 Å². The SMILES string of the molecule is Cc1ncc(CNC2CCC(C)CC2)[nH]1. The van der Waals surface area contributed by atoms with Gasteiger partial charge in [-0.15, -0.1) is 0 Å². The fraction of sp³-hybridized carbons (Fsp3) is 0.750. The third-order valence-corrected chi connectivity index (χ3v) is 3.35. The Morgan fingerprint density at radius 1 is 1.40 bits per heavy atom. The van der Waals surface area contributed by atoms with Crippen molar-refractivity contribution in [2.75, 3.05) is 0 Å². The van der Waals surface area contributed by atoms with Crippen LogP contribution < -0.4 is 5.32 Å². The van der Waals surface area contributed by atoms with Crippen molar-refractivity contribution in [3.63, 3.8) is 0 Å². The minimum atomic E-state index is 0.713. The minimum Gasteiger partial charge on any atom is -0.345 e. The van der Waals surface area contributed by atoms with Crippen LogP contribution in [-0.2, 0) is 6.54 Å². The molecule has 15 heavy (non-hydrogen) atoms. The number of nitrogens with zero attached hydrogens (tertiary/aromatic N) is 1. The molecular weight excluding hydrogens is 186 g/mol. The van der Waals surface area contributed by atoms with Crippen molar-refractivity contribution in [3.8, 4) is 0 Å². The van der Waals surface area contributed by atoms with Crippen LogP contribution >= 0.6 is 0 Å². The largest absolute Gasteiger partial charge is 0.345 e. The molecular formula is C12H21N3. The summed E-state index contributed by atoms with van der Waals surface area (Å²) in [7, 11) is 0. The van der Waals surface area contributed by atoms with Crippen LogP contribution in [0, 0.1) is 12.8 Å². The van der Waals surface area contributed by atoms with Gasteiger partial charge in [0.25, 0.3) is 0 Å². The van der Waals surface area contributed by atoms with Gasteiger partial charge in [-0.2, -0.15) is 0 Å². The van der Waals surface area contributed by atoms with E-state index in [4.69, 9.17) is 0 Å². The summed E-state index contributed by atoms with van der Waals surface area (Å²) in [5.41, 5.74) is 1.20. The predicted octanol–water partition coefficient (Wildman–Crippen LogP) is 2.39. The molecule has 0 aliphatic heterocycles. The summed E-state index contributed by atoms with van der Waals surface area (Å²) >= 11 is 0. The number of hydrogen-bond donors (Lipinski definition) is 2. The quantitative estimate of drug-likeness (QED) is 0.799. The van der Waals surface area contributed by atoms with Gasteiger partial charge in [-0.3, -0.25) is 0 Å². The molecule has 1 aromatic rings. The molecule has 0 radical (unpaired) electrons. The van der Waals surface area contributed by atoms with E-state index in [9.17, 15) is 0 Å². The molecule has 1 heterocycles. The normalized spacial score (nSPS) is 26.8. The van der Waals surface area contributed by atoms with E-state index in [1.807, 2.05) is 13.1 Å². The summed E-state index contributed by atoms with van der Waals surface area (Å²) in [4.78, 5) is 7.45. The van der Waals surface area contributed by atoms with E-state index in [-0.39, 0.29) is 0 Å². The van der Waals surface area contributed by atoms with Gasteiger partial charge < -0.3 is 10.3 Å². The highest BCUT2D eigenvalue weighted by Gasteiger charge is 2.17. The molecule has 3 nitrogen and oxygen atoms in total. The number of aryl methyl sites for hydroxylation is 1. The van der Waals surface area contributed by atoms with Gasteiger partial charge in [-0.05, 0) is 38.5 Å². The first kappa shape index (κ1) is 10.7. The first-order valence-electron chi connectivity index (χ1n) is 5.98. The summed E-state index contributed by atoms with van der Waals surface area (Å²) < 4.78 is 0. The summed E-state index contributed by atoms with van der Waals surface area (Å²) in [5.74, 6) is 1.93. The molecule has 1 fully saturated rings. The zero-order chi connectivity index (χ0) is 10.7. The Balaban J connectivity index is 1.74. The molecule has 1 aromatic heterocycles. The molecule has 0 aromatic carbocycles. The third-order valence-electron chi connectivity index (χ3n) is 3.35. The zero-order valence-electron chi connectivity index (χ0n) is 9.71. The summed E-state index contributed by atoms with van der Waals surface area (Å²) in [6.45, 7) is 5.28. The van der Waals surface area contributed by atoms with E-state index in [1.54, 1.807) is 0 Å².